The average Bonchev–Trinajstić information content (AvgIpc) is 3.05. The Bertz CT molecular complexity index is 927. The standard InChI is InChI=1S/C18H27N5O3.2C2H4O2/c1-18(2,3)26-17(24)23-8-6-22(7-9-23)10-11-25-13-4-5-14-15(12-13)21-16(19)20-14;2*1-2(3)4/h4-5,12H,6-11H2,1-3H3,(H3,19,20,21);2*1H3,(H,3,4). The summed E-state index contributed by atoms with van der Waals surface area (Å²) in [6.45, 7) is 12.2. The third-order valence-electron chi connectivity index (χ3n) is 4.17. The number of benzene rings is 1. The number of imidazole rings is 1. The van der Waals surface area contributed by atoms with E-state index in [1.807, 2.05) is 39.0 Å². The molecule has 1 fully saturated rings. The van der Waals surface area contributed by atoms with Crippen molar-refractivity contribution in [1.29, 1.82) is 0 Å². The number of hydrogen-bond acceptors (Lipinski definition) is 8. The van der Waals surface area contributed by atoms with Crippen molar-refractivity contribution < 1.29 is 34.1 Å². The Morgan fingerprint density at radius 3 is 2.18 bits per heavy atom. The minimum absolute atomic E-state index is 0.236. The molecule has 2 aromatic rings. The Morgan fingerprint density at radius 1 is 1.09 bits per heavy atom. The van der Waals surface area contributed by atoms with Crippen LogP contribution in [0.1, 0.15) is 34.6 Å². The highest BCUT2D eigenvalue weighted by Crippen LogP contribution is 2.19. The van der Waals surface area contributed by atoms with Gasteiger partial charge in [0.2, 0.25) is 0 Å². The smallest absolute Gasteiger partial charge is 0.410 e. The normalized spacial score (nSPS) is 13.7. The molecule has 0 atom stereocenters. The van der Waals surface area contributed by atoms with Crippen molar-refractivity contribution in [2.24, 2.45) is 0 Å². The second kappa shape index (κ2) is 13.2. The molecule has 3 rings (SSSR count). The zero-order valence-corrected chi connectivity index (χ0v) is 20.3. The Hall–Kier alpha value is -3.54. The van der Waals surface area contributed by atoms with Crippen LogP contribution >= 0.6 is 0 Å². The molecule has 12 nitrogen and oxygen atoms in total. The van der Waals surface area contributed by atoms with E-state index in [9.17, 15) is 4.79 Å². The van der Waals surface area contributed by atoms with E-state index in [2.05, 4.69) is 14.9 Å². The number of anilines is 1. The van der Waals surface area contributed by atoms with Crippen LogP contribution in [0.15, 0.2) is 18.2 Å². The molecule has 1 aliphatic heterocycles. The largest absolute Gasteiger partial charge is 0.492 e. The van der Waals surface area contributed by atoms with Gasteiger partial charge in [0, 0.05) is 52.6 Å². The summed E-state index contributed by atoms with van der Waals surface area (Å²) in [4.78, 5) is 41.3. The van der Waals surface area contributed by atoms with Gasteiger partial charge in [-0.25, -0.2) is 9.78 Å². The SMILES string of the molecule is CC(=O)O.CC(=O)O.CC(C)(C)OC(=O)N1CCN(CCOc2ccc3nc(N)[nH]c3c2)CC1. The van der Waals surface area contributed by atoms with E-state index in [1.54, 1.807) is 4.90 Å². The molecule has 1 aromatic heterocycles. The van der Waals surface area contributed by atoms with Gasteiger partial charge in [-0.1, -0.05) is 0 Å². The van der Waals surface area contributed by atoms with Gasteiger partial charge in [0.15, 0.2) is 5.95 Å². The van der Waals surface area contributed by atoms with Crippen LogP contribution in [-0.4, -0.2) is 92.9 Å². The predicted molar refractivity (Wildman–Crippen MR) is 127 cm³/mol. The van der Waals surface area contributed by atoms with Crippen molar-refractivity contribution in [2.75, 3.05) is 45.1 Å². The number of carboxylic acids is 2. The molecule has 0 spiro atoms. The van der Waals surface area contributed by atoms with Crippen LogP contribution in [-0.2, 0) is 14.3 Å². The summed E-state index contributed by atoms with van der Waals surface area (Å²) < 4.78 is 11.2. The fraction of sp³-hybridized carbons (Fsp3) is 0.545. The number of nitrogen functional groups attached to an aromatic ring is 1. The third-order valence-corrected chi connectivity index (χ3v) is 4.17. The molecule has 1 saturated heterocycles. The first-order valence-corrected chi connectivity index (χ1v) is 10.7. The van der Waals surface area contributed by atoms with Gasteiger partial charge in [-0.05, 0) is 32.9 Å². The van der Waals surface area contributed by atoms with Crippen LogP contribution < -0.4 is 10.5 Å². The van der Waals surface area contributed by atoms with Gasteiger partial charge in [-0.2, -0.15) is 0 Å². The van der Waals surface area contributed by atoms with Crippen molar-refractivity contribution >= 4 is 35.0 Å². The molecule has 34 heavy (non-hydrogen) atoms. The van der Waals surface area contributed by atoms with Gasteiger partial charge in [-0.3, -0.25) is 14.5 Å². The van der Waals surface area contributed by atoms with E-state index < -0.39 is 17.5 Å². The molecule has 190 valence electrons. The third kappa shape index (κ3) is 11.9. The number of carbonyl (C=O) groups is 3. The maximum absolute atomic E-state index is 12.1. The van der Waals surface area contributed by atoms with Crippen molar-refractivity contribution in [3.8, 4) is 5.75 Å². The van der Waals surface area contributed by atoms with Crippen LogP contribution in [0.5, 0.6) is 5.75 Å². The monoisotopic (exact) mass is 481 g/mol. The number of piperazine rings is 1. The molecule has 1 aliphatic rings. The second-order valence-electron chi connectivity index (χ2n) is 8.50. The molecule has 12 heteroatoms. The number of carboxylic acid groups (broad SMARTS) is 2. The number of carbonyl (C=O) groups excluding carboxylic acids is 1. The van der Waals surface area contributed by atoms with E-state index in [0.717, 1.165) is 50.3 Å². The fourth-order valence-corrected chi connectivity index (χ4v) is 2.87. The minimum Gasteiger partial charge on any atom is -0.492 e. The average molecular weight is 482 g/mol. The quantitative estimate of drug-likeness (QED) is 0.507. The van der Waals surface area contributed by atoms with Gasteiger partial charge in [-0.15, -0.1) is 0 Å². The molecule has 0 aliphatic carbocycles. The van der Waals surface area contributed by atoms with E-state index in [1.165, 1.54) is 0 Å². The predicted octanol–water partition coefficient (Wildman–Crippen LogP) is 2.26. The number of ether oxygens (including phenoxy) is 2. The van der Waals surface area contributed by atoms with Crippen molar-refractivity contribution in [2.45, 2.75) is 40.2 Å². The summed E-state index contributed by atoms with van der Waals surface area (Å²) in [5.74, 6) is -0.478. The van der Waals surface area contributed by atoms with Gasteiger partial charge < -0.3 is 35.3 Å². The number of rotatable bonds is 4. The Balaban J connectivity index is 0.000000629. The second-order valence-corrected chi connectivity index (χ2v) is 8.50. The maximum atomic E-state index is 12.1. The van der Waals surface area contributed by atoms with Gasteiger partial charge in [0.05, 0.1) is 11.0 Å². The molecule has 2 heterocycles. The molecule has 0 unspecified atom stereocenters. The number of H-pyrrole nitrogens is 1. The molecule has 0 radical (unpaired) electrons. The number of nitrogens with two attached hydrogens (primary N) is 1. The summed E-state index contributed by atoms with van der Waals surface area (Å²) >= 11 is 0. The van der Waals surface area contributed by atoms with Crippen molar-refractivity contribution in [1.82, 2.24) is 19.8 Å². The first-order chi connectivity index (χ1) is 15.8. The molecular formula is C22H35N5O7. The molecule has 5 N–H and O–H groups in total. The molecule has 1 amide bonds. The van der Waals surface area contributed by atoms with Crippen LogP contribution in [0, 0.1) is 0 Å². The highest BCUT2D eigenvalue weighted by molar-refractivity contribution is 5.78. The number of aromatic nitrogens is 2. The lowest BCUT2D eigenvalue weighted by Crippen LogP contribution is -2.50. The zero-order valence-electron chi connectivity index (χ0n) is 20.3. The molecule has 0 saturated carbocycles. The number of nitrogens with zero attached hydrogens (tertiary/aromatic N) is 3. The van der Waals surface area contributed by atoms with Crippen LogP contribution in [0.3, 0.4) is 0 Å². The van der Waals surface area contributed by atoms with Gasteiger partial charge in [0.1, 0.15) is 18.0 Å². The lowest BCUT2D eigenvalue weighted by atomic mass is 10.2. The Kier molecular flexibility index (Phi) is 11.1. The van der Waals surface area contributed by atoms with Crippen LogP contribution in [0.25, 0.3) is 11.0 Å². The molecule has 1 aromatic carbocycles. The fourth-order valence-electron chi connectivity index (χ4n) is 2.87. The molecular weight excluding hydrogens is 446 g/mol. The number of nitrogens with one attached hydrogen (secondary N) is 1. The summed E-state index contributed by atoms with van der Waals surface area (Å²) in [5.41, 5.74) is 6.89. The summed E-state index contributed by atoms with van der Waals surface area (Å²) in [5, 5.41) is 14.8. The lowest BCUT2D eigenvalue weighted by Gasteiger charge is -2.35. The first kappa shape index (κ1) is 28.5. The lowest BCUT2D eigenvalue weighted by molar-refractivity contribution is -0.135. The summed E-state index contributed by atoms with van der Waals surface area (Å²) in [6, 6.07) is 5.68. The van der Waals surface area contributed by atoms with E-state index in [4.69, 9.17) is 35.0 Å². The zero-order chi connectivity index (χ0) is 25.9. The number of hydrogen-bond donors (Lipinski definition) is 4. The van der Waals surface area contributed by atoms with Gasteiger partial charge in [0.25, 0.3) is 11.9 Å². The van der Waals surface area contributed by atoms with Crippen LogP contribution in [0.2, 0.25) is 0 Å². The van der Waals surface area contributed by atoms with E-state index >= 15 is 0 Å². The van der Waals surface area contributed by atoms with Gasteiger partial charge >= 0.3 is 6.09 Å². The minimum atomic E-state index is -0.833. The van der Waals surface area contributed by atoms with Crippen molar-refractivity contribution in [3.63, 3.8) is 0 Å². The Labute approximate surface area is 198 Å². The number of aliphatic carboxylic acids is 2. The highest BCUT2D eigenvalue weighted by atomic mass is 16.6. The molecule has 0 bridgehead atoms. The first-order valence-electron chi connectivity index (χ1n) is 10.7. The Morgan fingerprint density at radius 2 is 1.65 bits per heavy atom. The van der Waals surface area contributed by atoms with E-state index in [-0.39, 0.29) is 6.09 Å². The van der Waals surface area contributed by atoms with Crippen molar-refractivity contribution in [3.05, 3.63) is 18.2 Å². The maximum Gasteiger partial charge on any atom is 0.410 e. The highest BCUT2D eigenvalue weighted by Gasteiger charge is 2.25. The van der Waals surface area contributed by atoms with E-state index in [0.29, 0.717) is 25.6 Å². The van der Waals surface area contributed by atoms with Crippen LogP contribution in [0.4, 0.5) is 10.7 Å². The number of amides is 1. The topological polar surface area (TPSA) is 171 Å². The summed E-state index contributed by atoms with van der Waals surface area (Å²) in [6.07, 6.45) is -0.236. The number of fused-ring (bicyclic) bond motifs is 1. The number of aromatic amines is 1. The summed E-state index contributed by atoms with van der Waals surface area (Å²) in [7, 11) is 0.